The van der Waals surface area contributed by atoms with Crippen molar-refractivity contribution in [2.24, 2.45) is 0 Å². The van der Waals surface area contributed by atoms with Crippen molar-refractivity contribution in [1.82, 2.24) is 15.3 Å². The van der Waals surface area contributed by atoms with Crippen LogP contribution in [0.25, 0.3) is 0 Å². The molecule has 2 heterocycles. The molecule has 3 rings (SSSR count). The molecule has 24 heavy (non-hydrogen) atoms. The minimum Gasteiger partial charge on any atom is -0.353 e. The molecule has 1 aliphatic rings. The van der Waals surface area contributed by atoms with Crippen molar-refractivity contribution in [3.05, 3.63) is 42.2 Å². The van der Waals surface area contributed by atoms with Gasteiger partial charge in [-0.05, 0) is 23.1 Å². The van der Waals surface area contributed by atoms with Crippen LogP contribution in [0.2, 0.25) is 0 Å². The maximum Gasteiger partial charge on any atom is 0.152 e. The Kier molecular flexibility index (Phi) is 4.96. The van der Waals surface area contributed by atoms with Crippen molar-refractivity contribution in [2.75, 3.05) is 31.1 Å². The Morgan fingerprint density at radius 1 is 1.08 bits per heavy atom. The Labute approximate surface area is 146 Å². The van der Waals surface area contributed by atoms with Crippen LogP contribution in [0.15, 0.2) is 46.6 Å². The first-order chi connectivity index (χ1) is 11.4. The molecule has 1 aromatic carbocycles. The average Bonchev–Trinajstić information content (AvgIpc) is 2.61. The van der Waals surface area contributed by atoms with Crippen LogP contribution in [0.4, 0.5) is 5.82 Å². The molecular weight excluding hydrogens is 320 g/mol. The van der Waals surface area contributed by atoms with Gasteiger partial charge in [-0.2, -0.15) is 0 Å². The van der Waals surface area contributed by atoms with Gasteiger partial charge in [0, 0.05) is 31.1 Å². The zero-order valence-corrected chi connectivity index (χ0v) is 15.3. The molecule has 0 spiro atoms. The van der Waals surface area contributed by atoms with Gasteiger partial charge in [0.1, 0.15) is 16.6 Å². The average molecular weight is 344 g/mol. The summed E-state index contributed by atoms with van der Waals surface area (Å²) in [5, 5.41) is 3.82. The molecule has 1 aromatic heterocycles. The van der Waals surface area contributed by atoms with Gasteiger partial charge in [0.2, 0.25) is 0 Å². The predicted octanol–water partition coefficient (Wildman–Crippen LogP) is 2.35. The first-order valence-corrected chi connectivity index (χ1v) is 9.40. The molecule has 0 amide bonds. The predicted molar refractivity (Wildman–Crippen MR) is 96.9 cm³/mol. The molecule has 5 nitrogen and oxygen atoms in total. The summed E-state index contributed by atoms with van der Waals surface area (Å²) >= 11 is 0. The van der Waals surface area contributed by atoms with Crippen LogP contribution in [-0.2, 0) is 16.2 Å². The SMILES string of the molecule is CC(C)(C)c1ccc(S(=O)c2cncc(N3CCNCC3)n2)cc1. The first kappa shape index (κ1) is 17.0. The lowest BCUT2D eigenvalue weighted by Gasteiger charge is -2.28. The molecule has 1 atom stereocenters. The second-order valence-corrected chi connectivity index (χ2v) is 8.42. The number of aromatic nitrogens is 2. The van der Waals surface area contributed by atoms with Gasteiger partial charge in [0.15, 0.2) is 5.03 Å². The van der Waals surface area contributed by atoms with Gasteiger partial charge >= 0.3 is 0 Å². The van der Waals surface area contributed by atoms with Crippen LogP contribution in [-0.4, -0.2) is 40.4 Å². The van der Waals surface area contributed by atoms with Gasteiger partial charge in [0.25, 0.3) is 0 Å². The van der Waals surface area contributed by atoms with E-state index in [-0.39, 0.29) is 5.41 Å². The van der Waals surface area contributed by atoms with Crippen molar-refractivity contribution in [2.45, 2.75) is 36.1 Å². The third-order valence-electron chi connectivity index (χ3n) is 4.17. The molecule has 128 valence electrons. The van der Waals surface area contributed by atoms with Gasteiger partial charge < -0.3 is 10.2 Å². The van der Waals surface area contributed by atoms with Crippen LogP contribution >= 0.6 is 0 Å². The quantitative estimate of drug-likeness (QED) is 0.926. The van der Waals surface area contributed by atoms with Crippen molar-refractivity contribution in [3.8, 4) is 0 Å². The topological polar surface area (TPSA) is 58.1 Å². The van der Waals surface area contributed by atoms with E-state index in [9.17, 15) is 4.21 Å². The smallest absolute Gasteiger partial charge is 0.152 e. The molecule has 0 bridgehead atoms. The lowest BCUT2D eigenvalue weighted by Crippen LogP contribution is -2.44. The zero-order chi connectivity index (χ0) is 17.2. The summed E-state index contributed by atoms with van der Waals surface area (Å²) in [7, 11) is -1.31. The van der Waals surface area contributed by atoms with E-state index >= 15 is 0 Å². The van der Waals surface area contributed by atoms with Crippen LogP contribution in [0.1, 0.15) is 26.3 Å². The first-order valence-electron chi connectivity index (χ1n) is 8.25. The van der Waals surface area contributed by atoms with E-state index < -0.39 is 10.8 Å². The number of rotatable bonds is 3. The standard InChI is InChI=1S/C18H24N4OS/c1-18(2,3)14-4-6-15(7-5-14)24(23)17-13-20-12-16(21-17)22-10-8-19-9-11-22/h4-7,12-13,19H,8-11H2,1-3H3. The van der Waals surface area contributed by atoms with Crippen molar-refractivity contribution in [3.63, 3.8) is 0 Å². The Morgan fingerprint density at radius 3 is 2.38 bits per heavy atom. The number of anilines is 1. The van der Waals surface area contributed by atoms with E-state index in [1.54, 1.807) is 12.4 Å². The maximum absolute atomic E-state index is 12.8. The molecule has 1 unspecified atom stereocenters. The fourth-order valence-corrected chi connectivity index (χ4v) is 3.63. The highest BCUT2D eigenvalue weighted by molar-refractivity contribution is 7.85. The van der Waals surface area contributed by atoms with Gasteiger partial charge in [-0.25, -0.2) is 9.19 Å². The van der Waals surface area contributed by atoms with Gasteiger partial charge in [-0.1, -0.05) is 32.9 Å². The highest BCUT2D eigenvalue weighted by Gasteiger charge is 2.17. The van der Waals surface area contributed by atoms with Crippen molar-refractivity contribution in [1.29, 1.82) is 0 Å². The number of hydrogen-bond acceptors (Lipinski definition) is 5. The normalized spacial score (nSPS) is 16.9. The van der Waals surface area contributed by atoms with Crippen molar-refractivity contribution < 1.29 is 4.21 Å². The Morgan fingerprint density at radius 2 is 1.75 bits per heavy atom. The molecule has 1 aliphatic heterocycles. The second kappa shape index (κ2) is 6.99. The Bertz CT molecular complexity index is 719. The molecule has 6 heteroatoms. The van der Waals surface area contributed by atoms with E-state index in [2.05, 4.69) is 41.0 Å². The number of benzene rings is 1. The van der Waals surface area contributed by atoms with E-state index in [0.29, 0.717) is 5.03 Å². The highest BCUT2D eigenvalue weighted by Crippen LogP contribution is 2.24. The summed E-state index contributed by atoms with van der Waals surface area (Å²) < 4.78 is 12.8. The highest BCUT2D eigenvalue weighted by atomic mass is 32.2. The molecule has 1 saturated heterocycles. The Hall–Kier alpha value is -1.79. The Balaban J connectivity index is 1.82. The van der Waals surface area contributed by atoms with Crippen LogP contribution in [0.5, 0.6) is 0 Å². The monoisotopic (exact) mass is 344 g/mol. The fourth-order valence-electron chi connectivity index (χ4n) is 2.67. The fraction of sp³-hybridized carbons (Fsp3) is 0.444. The minimum absolute atomic E-state index is 0.0854. The molecular formula is C18H24N4OS. The molecule has 0 saturated carbocycles. The largest absolute Gasteiger partial charge is 0.353 e. The van der Waals surface area contributed by atoms with E-state index in [0.717, 1.165) is 36.9 Å². The van der Waals surface area contributed by atoms with Gasteiger partial charge in [-0.3, -0.25) is 4.98 Å². The van der Waals surface area contributed by atoms with E-state index in [1.807, 2.05) is 24.3 Å². The molecule has 0 radical (unpaired) electrons. The van der Waals surface area contributed by atoms with E-state index in [1.165, 1.54) is 5.56 Å². The molecule has 1 fully saturated rings. The van der Waals surface area contributed by atoms with Crippen LogP contribution in [0.3, 0.4) is 0 Å². The van der Waals surface area contributed by atoms with Crippen molar-refractivity contribution >= 4 is 16.6 Å². The lowest BCUT2D eigenvalue weighted by molar-refractivity contribution is 0.582. The lowest BCUT2D eigenvalue weighted by atomic mass is 9.87. The number of hydrogen-bond donors (Lipinski definition) is 1. The summed E-state index contributed by atoms with van der Waals surface area (Å²) in [4.78, 5) is 11.8. The summed E-state index contributed by atoms with van der Waals surface area (Å²) in [6.07, 6.45) is 3.34. The number of nitrogens with one attached hydrogen (secondary N) is 1. The summed E-state index contributed by atoms with van der Waals surface area (Å²) in [6, 6.07) is 7.94. The third-order valence-corrected chi connectivity index (χ3v) is 5.44. The maximum atomic E-state index is 12.8. The van der Waals surface area contributed by atoms with Gasteiger partial charge in [-0.15, -0.1) is 0 Å². The van der Waals surface area contributed by atoms with E-state index in [4.69, 9.17) is 0 Å². The molecule has 2 aromatic rings. The molecule has 1 N–H and O–H groups in total. The second-order valence-electron chi connectivity index (χ2n) is 7.00. The third kappa shape index (κ3) is 3.82. The number of nitrogens with zero attached hydrogens (tertiary/aromatic N) is 3. The summed E-state index contributed by atoms with van der Waals surface area (Å²) in [5.41, 5.74) is 1.31. The summed E-state index contributed by atoms with van der Waals surface area (Å²) in [6.45, 7) is 10.2. The molecule has 0 aliphatic carbocycles. The van der Waals surface area contributed by atoms with Crippen LogP contribution < -0.4 is 10.2 Å². The summed E-state index contributed by atoms with van der Waals surface area (Å²) in [5.74, 6) is 0.800. The van der Waals surface area contributed by atoms with Crippen LogP contribution in [0, 0.1) is 0 Å². The minimum atomic E-state index is -1.31. The van der Waals surface area contributed by atoms with Gasteiger partial charge in [0.05, 0.1) is 12.4 Å². The zero-order valence-electron chi connectivity index (χ0n) is 14.5. The number of piperazine rings is 1.